The van der Waals surface area contributed by atoms with Gasteiger partial charge in [-0.3, -0.25) is 9.59 Å². The Morgan fingerprint density at radius 1 is 1.35 bits per heavy atom. The highest BCUT2D eigenvalue weighted by molar-refractivity contribution is 5.95. The number of rotatable bonds is 5. The zero-order valence-electron chi connectivity index (χ0n) is 15.8. The number of hydrogen-bond donors (Lipinski definition) is 1. The molecule has 2 rings (SSSR count). The van der Waals surface area contributed by atoms with E-state index < -0.39 is 0 Å². The number of carbonyl (C=O) groups excluding carboxylic acids is 2. The van der Waals surface area contributed by atoms with E-state index in [-0.39, 0.29) is 18.4 Å². The van der Waals surface area contributed by atoms with Gasteiger partial charge in [0.1, 0.15) is 0 Å². The smallest absolute Gasteiger partial charge is 0.253 e. The van der Waals surface area contributed by atoms with Crippen molar-refractivity contribution in [2.24, 2.45) is 0 Å². The van der Waals surface area contributed by atoms with E-state index in [1.807, 2.05) is 30.5 Å². The second-order valence-corrected chi connectivity index (χ2v) is 6.50. The third kappa shape index (κ3) is 4.85. The number of amides is 2. The molecule has 0 aromatic heterocycles. The molecule has 0 saturated heterocycles. The number of nitrogens with one attached hydrogen (secondary N) is 1. The van der Waals surface area contributed by atoms with Gasteiger partial charge in [-0.15, -0.1) is 0 Å². The van der Waals surface area contributed by atoms with E-state index in [4.69, 9.17) is 0 Å². The van der Waals surface area contributed by atoms with Crippen LogP contribution >= 0.6 is 0 Å². The van der Waals surface area contributed by atoms with Crippen LogP contribution in [0, 0.1) is 0 Å². The first-order valence-electron chi connectivity index (χ1n) is 8.86. The summed E-state index contributed by atoms with van der Waals surface area (Å²) in [4.78, 5) is 28.0. The van der Waals surface area contributed by atoms with Gasteiger partial charge in [0.05, 0.1) is 6.54 Å². The van der Waals surface area contributed by atoms with Crippen molar-refractivity contribution >= 4 is 17.4 Å². The molecule has 5 heteroatoms. The maximum absolute atomic E-state index is 12.5. The molecular formula is C21H27N3O2. The Balaban J connectivity index is 2.48. The van der Waals surface area contributed by atoms with Gasteiger partial charge in [-0.2, -0.15) is 0 Å². The number of nitrogens with zero attached hydrogens (tertiary/aromatic N) is 2. The molecule has 0 radical (unpaired) electrons. The molecule has 0 bridgehead atoms. The molecule has 138 valence electrons. The van der Waals surface area contributed by atoms with Crippen LogP contribution in [0.15, 0.2) is 54.9 Å². The Morgan fingerprint density at radius 2 is 2.12 bits per heavy atom. The lowest BCUT2D eigenvalue weighted by Crippen LogP contribution is -2.33. The van der Waals surface area contributed by atoms with E-state index in [0.717, 1.165) is 29.6 Å². The fraction of sp³-hybridized carbons (Fsp3) is 0.333. The average molecular weight is 353 g/mol. The zero-order valence-corrected chi connectivity index (χ0v) is 15.8. The summed E-state index contributed by atoms with van der Waals surface area (Å²) < 4.78 is 0. The van der Waals surface area contributed by atoms with Gasteiger partial charge in [0.25, 0.3) is 5.91 Å². The second-order valence-electron chi connectivity index (χ2n) is 6.50. The second kappa shape index (κ2) is 9.04. The minimum absolute atomic E-state index is 0.0100. The van der Waals surface area contributed by atoms with Gasteiger partial charge in [-0.25, -0.2) is 0 Å². The van der Waals surface area contributed by atoms with Crippen LogP contribution in [0.3, 0.4) is 0 Å². The van der Waals surface area contributed by atoms with E-state index >= 15 is 0 Å². The first-order valence-corrected chi connectivity index (χ1v) is 8.86. The zero-order chi connectivity index (χ0) is 19.1. The summed E-state index contributed by atoms with van der Waals surface area (Å²) in [6.45, 7) is 7.14. The average Bonchev–Trinajstić information content (AvgIpc) is 2.70. The Morgan fingerprint density at radius 3 is 2.81 bits per heavy atom. The fourth-order valence-electron chi connectivity index (χ4n) is 2.66. The maximum atomic E-state index is 12.5. The Labute approximate surface area is 155 Å². The SMILES string of the molecule is C=C1/C=C\NCC(=O)N(CCCC)C=C1c1cccc(C(=O)N(C)C)c1. The van der Waals surface area contributed by atoms with Crippen molar-refractivity contribution in [1.29, 1.82) is 0 Å². The predicted octanol–water partition coefficient (Wildman–Crippen LogP) is 3.03. The minimum atomic E-state index is -0.0581. The van der Waals surface area contributed by atoms with Crippen molar-refractivity contribution in [2.75, 3.05) is 27.2 Å². The van der Waals surface area contributed by atoms with Crippen molar-refractivity contribution in [3.63, 3.8) is 0 Å². The van der Waals surface area contributed by atoms with Crippen molar-refractivity contribution in [3.8, 4) is 0 Å². The molecular weight excluding hydrogens is 326 g/mol. The number of hydrogen-bond acceptors (Lipinski definition) is 3. The normalized spacial score (nSPS) is 16.1. The van der Waals surface area contributed by atoms with Crippen LogP contribution in [-0.4, -0.2) is 48.8 Å². The van der Waals surface area contributed by atoms with Crippen molar-refractivity contribution in [1.82, 2.24) is 15.1 Å². The van der Waals surface area contributed by atoms with Gasteiger partial charge in [0, 0.05) is 38.0 Å². The summed E-state index contributed by atoms with van der Waals surface area (Å²) in [5.74, 6) is -0.0481. The third-order valence-corrected chi connectivity index (χ3v) is 4.19. The quantitative estimate of drug-likeness (QED) is 0.885. The van der Waals surface area contributed by atoms with E-state index in [2.05, 4.69) is 18.8 Å². The predicted molar refractivity (Wildman–Crippen MR) is 105 cm³/mol. The van der Waals surface area contributed by atoms with Gasteiger partial charge >= 0.3 is 0 Å². The summed E-state index contributed by atoms with van der Waals surface area (Å²) in [5, 5.41) is 3.00. The lowest BCUT2D eigenvalue weighted by atomic mass is 9.97. The molecule has 0 spiro atoms. The fourth-order valence-corrected chi connectivity index (χ4v) is 2.66. The summed E-state index contributed by atoms with van der Waals surface area (Å²) in [5.41, 5.74) is 3.09. The van der Waals surface area contributed by atoms with E-state index in [9.17, 15) is 9.59 Å². The van der Waals surface area contributed by atoms with Crippen molar-refractivity contribution in [2.45, 2.75) is 19.8 Å². The molecule has 1 aliphatic rings. The summed E-state index contributed by atoms with van der Waals surface area (Å²) in [6.07, 6.45) is 7.38. The highest BCUT2D eigenvalue weighted by atomic mass is 16.2. The Bertz CT molecular complexity index is 747. The summed E-state index contributed by atoms with van der Waals surface area (Å²) >= 11 is 0. The largest absolute Gasteiger partial charge is 0.382 e. The van der Waals surface area contributed by atoms with Crippen LogP contribution in [-0.2, 0) is 4.79 Å². The van der Waals surface area contributed by atoms with Gasteiger partial charge < -0.3 is 15.1 Å². The Hall–Kier alpha value is -2.82. The van der Waals surface area contributed by atoms with Gasteiger partial charge in [0.15, 0.2) is 0 Å². The molecule has 26 heavy (non-hydrogen) atoms. The van der Waals surface area contributed by atoms with Gasteiger partial charge in [-0.1, -0.05) is 32.1 Å². The van der Waals surface area contributed by atoms with Crippen LogP contribution in [0.2, 0.25) is 0 Å². The third-order valence-electron chi connectivity index (χ3n) is 4.19. The Kier molecular flexibility index (Phi) is 6.78. The van der Waals surface area contributed by atoms with Crippen LogP contribution in [0.4, 0.5) is 0 Å². The molecule has 0 aliphatic carbocycles. The topological polar surface area (TPSA) is 52.7 Å². The van der Waals surface area contributed by atoms with Crippen molar-refractivity contribution < 1.29 is 9.59 Å². The molecule has 1 aromatic carbocycles. The molecule has 0 unspecified atom stereocenters. The van der Waals surface area contributed by atoms with Crippen LogP contribution < -0.4 is 5.32 Å². The monoisotopic (exact) mass is 353 g/mol. The highest BCUT2D eigenvalue weighted by Crippen LogP contribution is 2.25. The molecule has 2 amide bonds. The number of benzene rings is 1. The highest BCUT2D eigenvalue weighted by Gasteiger charge is 2.16. The lowest BCUT2D eigenvalue weighted by Gasteiger charge is -2.20. The maximum Gasteiger partial charge on any atom is 0.253 e. The summed E-state index contributed by atoms with van der Waals surface area (Å²) in [7, 11) is 3.46. The van der Waals surface area contributed by atoms with E-state index in [0.29, 0.717) is 12.1 Å². The number of unbranched alkanes of at least 4 members (excludes halogenated alkanes) is 1. The van der Waals surface area contributed by atoms with Crippen LogP contribution in [0.5, 0.6) is 0 Å². The molecule has 1 heterocycles. The molecule has 1 aliphatic heterocycles. The minimum Gasteiger partial charge on any atom is -0.382 e. The van der Waals surface area contributed by atoms with Crippen molar-refractivity contribution in [3.05, 3.63) is 66.0 Å². The standard InChI is InChI=1S/C21H27N3O2/c1-5-6-12-24-15-19(16(2)10-11-22-14-20(24)25)17-8-7-9-18(13-17)21(26)23(3)4/h7-11,13,15,22H,2,5-6,12,14H2,1,3-4H3/b11-10-,19-15?. The van der Waals surface area contributed by atoms with Crippen LogP contribution in [0.25, 0.3) is 5.57 Å². The molecule has 0 fully saturated rings. The molecule has 0 atom stereocenters. The molecule has 1 N–H and O–H groups in total. The van der Waals surface area contributed by atoms with Gasteiger partial charge in [-0.05, 0) is 42.0 Å². The van der Waals surface area contributed by atoms with Gasteiger partial charge in [0.2, 0.25) is 5.91 Å². The first-order chi connectivity index (χ1) is 12.4. The molecule has 1 aromatic rings. The van der Waals surface area contributed by atoms with E-state index in [1.165, 1.54) is 0 Å². The number of carbonyl (C=O) groups is 2. The lowest BCUT2D eigenvalue weighted by molar-refractivity contribution is -0.127. The summed E-state index contributed by atoms with van der Waals surface area (Å²) in [6, 6.07) is 7.43. The molecule has 0 saturated carbocycles. The number of allylic oxidation sites excluding steroid dienone is 3. The molecule has 5 nitrogen and oxygen atoms in total. The van der Waals surface area contributed by atoms with E-state index in [1.54, 1.807) is 36.2 Å². The first kappa shape index (κ1) is 19.5. The van der Waals surface area contributed by atoms with Crippen LogP contribution in [0.1, 0.15) is 35.7 Å².